The van der Waals surface area contributed by atoms with Crippen molar-refractivity contribution >= 4 is 0 Å². The molecule has 0 aromatic carbocycles. The van der Waals surface area contributed by atoms with Gasteiger partial charge in [0.15, 0.2) is 0 Å². The van der Waals surface area contributed by atoms with Crippen molar-refractivity contribution in [2.75, 3.05) is 33.3 Å². The lowest BCUT2D eigenvalue weighted by Gasteiger charge is -2.35. The van der Waals surface area contributed by atoms with Crippen molar-refractivity contribution in [1.82, 2.24) is 15.2 Å². The summed E-state index contributed by atoms with van der Waals surface area (Å²) >= 11 is 0. The minimum Gasteiger partial charge on any atom is -0.374 e. The van der Waals surface area contributed by atoms with Crippen LogP contribution in [0.3, 0.4) is 0 Å². The molecule has 2 unspecified atom stereocenters. The largest absolute Gasteiger partial charge is 0.374 e. The lowest BCUT2D eigenvalue weighted by molar-refractivity contribution is -0.0390. The molecule has 2 rings (SSSR count). The van der Waals surface area contributed by atoms with Gasteiger partial charge in [0.05, 0.1) is 18.8 Å². The summed E-state index contributed by atoms with van der Waals surface area (Å²) in [5, 5.41) is 3.52. The van der Waals surface area contributed by atoms with Crippen molar-refractivity contribution in [3.63, 3.8) is 0 Å². The highest BCUT2D eigenvalue weighted by Crippen LogP contribution is 2.22. The first kappa shape index (κ1) is 13.5. The van der Waals surface area contributed by atoms with Crippen molar-refractivity contribution in [3.8, 4) is 0 Å². The molecule has 100 valence electrons. The first-order chi connectivity index (χ1) is 8.70. The number of pyridine rings is 1. The summed E-state index contributed by atoms with van der Waals surface area (Å²) in [5.74, 6) is 0. The van der Waals surface area contributed by atoms with Gasteiger partial charge in [-0.2, -0.15) is 0 Å². The molecule has 1 fully saturated rings. The van der Waals surface area contributed by atoms with E-state index in [-0.39, 0.29) is 12.1 Å². The SMILES string of the molecule is CCNC(c1cncc(C)c1)C1CN(C)CCO1. The van der Waals surface area contributed by atoms with E-state index in [9.17, 15) is 0 Å². The summed E-state index contributed by atoms with van der Waals surface area (Å²) in [6.45, 7) is 7.92. The van der Waals surface area contributed by atoms with Crippen LogP contribution in [0.15, 0.2) is 18.5 Å². The van der Waals surface area contributed by atoms with E-state index in [0.29, 0.717) is 0 Å². The van der Waals surface area contributed by atoms with Gasteiger partial charge in [0, 0.05) is 25.5 Å². The van der Waals surface area contributed by atoms with Gasteiger partial charge in [-0.15, -0.1) is 0 Å². The average Bonchev–Trinajstić information content (AvgIpc) is 2.36. The summed E-state index contributed by atoms with van der Waals surface area (Å²) in [6, 6.07) is 2.42. The zero-order valence-electron chi connectivity index (χ0n) is 11.5. The Morgan fingerprint density at radius 3 is 3.06 bits per heavy atom. The number of likely N-dealkylation sites (N-methyl/N-ethyl adjacent to an activating group) is 2. The van der Waals surface area contributed by atoms with Gasteiger partial charge >= 0.3 is 0 Å². The number of hydrogen-bond donors (Lipinski definition) is 1. The molecular formula is C14H23N3O. The van der Waals surface area contributed by atoms with E-state index in [1.54, 1.807) is 0 Å². The molecule has 0 radical (unpaired) electrons. The maximum atomic E-state index is 5.93. The molecule has 1 aliphatic rings. The summed E-state index contributed by atoms with van der Waals surface area (Å²) in [6.07, 6.45) is 4.03. The van der Waals surface area contributed by atoms with Crippen molar-refractivity contribution in [3.05, 3.63) is 29.6 Å². The highest BCUT2D eigenvalue weighted by atomic mass is 16.5. The molecular weight excluding hydrogens is 226 g/mol. The molecule has 4 nitrogen and oxygen atoms in total. The lowest BCUT2D eigenvalue weighted by atomic mass is 10.0. The van der Waals surface area contributed by atoms with Gasteiger partial charge in [0.2, 0.25) is 0 Å². The first-order valence-corrected chi connectivity index (χ1v) is 6.65. The number of nitrogens with zero attached hydrogens (tertiary/aromatic N) is 2. The van der Waals surface area contributed by atoms with Crippen molar-refractivity contribution in [2.45, 2.75) is 26.0 Å². The van der Waals surface area contributed by atoms with Gasteiger partial charge in [0.25, 0.3) is 0 Å². The Morgan fingerprint density at radius 2 is 2.39 bits per heavy atom. The van der Waals surface area contributed by atoms with Gasteiger partial charge in [0.1, 0.15) is 0 Å². The third-order valence-electron chi connectivity index (χ3n) is 3.35. The molecule has 1 aliphatic heterocycles. The van der Waals surface area contributed by atoms with Crippen LogP contribution in [0.1, 0.15) is 24.1 Å². The van der Waals surface area contributed by atoms with Crippen LogP contribution in [0, 0.1) is 6.92 Å². The van der Waals surface area contributed by atoms with Crippen LogP contribution in [-0.2, 0) is 4.74 Å². The van der Waals surface area contributed by atoms with E-state index >= 15 is 0 Å². The van der Waals surface area contributed by atoms with Crippen molar-refractivity contribution < 1.29 is 4.74 Å². The molecule has 1 saturated heterocycles. The standard InChI is InChI=1S/C14H23N3O/c1-4-16-14(12-7-11(2)8-15-9-12)13-10-17(3)5-6-18-13/h7-9,13-14,16H,4-6,10H2,1-3H3. The molecule has 0 amide bonds. The average molecular weight is 249 g/mol. The Kier molecular flexibility index (Phi) is 4.69. The van der Waals surface area contributed by atoms with Crippen LogP contribution in [0.25, 0.3) is 0 Å². The maximum Gasteiger partial charge on any atom is 0.0897 e. The van der Waals surface area contributed by atoms with E-state index in [0.717, 1.165) is 26.2 Å². The van der Waals surface area contributed by atoms with Gasteiger partial charge in [-0.3, -0.25) is 4.98 Å². The van der Waals surface area contributed by atoms with E-state index < -0.39 is 0 Å². The van der Waals surface area contributed by atoms with Crippen LogP contribution >= 0.6 is 0 Å². The molecule has 1 aromatic rings. The second-order valence-corrected chi connectivity index (χ2v) is 5.00. The molecule has 0 bridgehead atoms. The fourth-order valence-electron chi connectivity index (χ4n) is 2.44. The molecule has 4 heteroatoms. The molecule has 1 aromatic heterocycles. The number of nitrogens with one attached hydrogen (secondary N) is 1. The van der Waals surface area contributed by atoms with Crippen molar-refractivity contribution in [2.24, 2.45) is 0 Å². The van der Waals surface area contributed by atoms with E-state index in [1.807, 2.05) is 12.4 Å². The molecule has 0 aliphatic carbocycles. The molecule has 2 atom stereocenters. The first-order valence-electron chi connectivity index (χ1n) is 6.65. The lowest BCUT2D eigenvalue weighted by Crippen LogP contribution is -2.46. The fraction of sp³-hybridized carbons (Fsp3) is 0.643. The number of rotatable bonds is 4. The Bertz CT molecular complexity index is 383. The van der Waals surface area contributed by atoms with Gasteiger partial charge in [-0.05, 0) is 31.6 Å². The van der Waals surface area contributed by atoms with Crippen molar-refractivity contribution in [1.29, 1.82) is 0 Å². The third-order valence-corrected chi connectivity index (χ3v) is 3.35. The highest BCUT2D eigenvalue weighted by molar-refractivity contribution is 5.21. The molecule has 18 heavy (non-hydrogen) atoms. The molecule has 1 N–H and O–H groups in total. The number of aromatic nitrogens is 1. The van der Waals surface area contributed by atoms with Gasteiger partial charge in [-0.1, -0.05) is 13.0 Å². The number of hydrogen-bond acceptors (Lipinski definition) is 4. The Hall–Kier alpha value is -0.970. The summed E-state index contributed by atoms with van der Waals surface area (Å²) in [7, 11) is 2.15. The monoisotopic (exact) mass is 249 g/mol. The second kappa shape index (κ2) is 6.27. The topological polar surface area (TPSA) is 37.4 Å². The van der Waals surface area contributed by atoms with Gasteiger partial charge < -0.3 is 15.0 Å². The minimum atomic E-state index is 0.201. The summed E-state index contributed by atoms with van der Waals surface area (Å²) in [5.41, 5.74) is 2.41. The van der Waals surface area contributed by atoms with E-state index in [1.165, 1.54) is 11.1 Å². The zero-order valence-corrected chi connectivity index (χ0v) is 11.5. The smallest absolute Gasteiger partial charge is 0.0897 e. The maximum absolute atomic E-state index is 5.93. The van der Waals surface area contributed by atoms with Crippen LogP contribution < -0.4 is 5.32 Å². The van der Waals surface area contributed by atoms with Crippen LogP contribution in [0.5, 0.6) is 0 Å². The fourth-order valence-corrected chi connectivity index (χ4v) is 2.44. The number of morpholine rings is 1. The van der Waals surface area contributed by atoms with Crippen LogP contribution in [-0.4, -0.2) is 49.3 Å². The number of aryl methyl sites for hydroxylation is 1. The van der Waals surface area contributed by atoms with Gasteiger partial charge in [-0.25, -0.2) is 0 Å². The van der Waals surface area contributed by atoms with E-state index in [2.05, 4.69) is 42.2 Å². The highest BCUT2D eigenvalue weighted by Gasteiger charge is 2.27. The number of ether oxygens (including phenoxy) is 1. The minimum absolute atomic E-state index is 0.201. The third kappa shape index (κ3) is 3.28. The Labute approximate surface area is 109 Å². The zero-order chi connectivity index (χ0) is 13.0. The molecule has 0 saturated carbocycles. The predicted molar refractivity (Wildman–Crippen MR) is 72.6 cm³/mol. The normalized spacial score (nSPS) is 22.9. The summed E-state index contributed by atoms with van der Waals surface area (Å²) in [4.78, 5) is 6.61. The second-order valence-electron chi connectivity index (χ2n) is 5.00. The predicted octanol–water partition coefficient (Wildman–Crippen LogP) is 1.37. The Morgan fingerprint density at radius 1 is 1.56 bits per heavy atom. The van der Waals surface area contributed by atoms with Crippen LogP contribution in [0.2, 0.25) is 0 Å². The molecule has 2 heterocycles. The quantitative estimate of drug-likeness (QED) is 0.874. The molecule has 0 spiro atoms. The Balaban J connectivity index is 2.16. The summed E-state index contributed by atoms with van der Waals surface area (Å²) < 4.78 is 5.93. The van der Waals surface area contributed by atoms with E-state index in [4.69, 9.17) is 4.74 Å². The van der Waals surface area contributed by atoms with Crippen LogP contribution in [0.4, 0.5) is 0 Å².